The second kappa shape index (κ2) is 19.6. The molecule has 0 atom stereocenters. The number of rotatable bonds is 23. The molecule has 0 fully saturated rings. The molecular weight excluding hydrogens is 666 g/mol. The Morgan fingerprint density at radius 2 is 0.860 bits per heavy atom. The summed E-state index contributed by atoms with van der Waals surface area (Å²) in [4.78, 5) is 10.3. The van der Waals surface area contributed by atoms with Crippen LogP contribution in [-0.2, 0) is 41.2 Å². The highest BCUT2D eigenvalue weighted by molar-refractivity contribution is 7.89. The van der Waals surface area contributed by atoms with Crippen LogP contribution >= 0.6 is 0 Å². The summed E-state index contributed by atoms with van der Waals surface area (Å²) in [5.74, 6) is 2.08. The molecule has 0 aliphatic heterocycles. The predicted molar refractivity (Wildman–Crippen MR) is 186 cm³/mol. The Morgan fingerprint density at radius 3 is 1.18 bits per heavy atom. The molecule has 0 unspecified atom stereocenters. The van der Waals surface area contributed by atoms with Crippen molar-refractivity contribution in [2.45, 2.75) is 39.3 Å². The number of ether oxygens (including phenoxy) is 5. The Kier molecular flexibility index (Phi) is 15.0. The van der Waals surface area contributed by atoms with Crippen LogP contribution in [0, 0.1) is 10.3 Å². The third-order valence-corrected chi connectivity index (χ3v) is 8.78. The van der Waals surface area contributed by atoms with E-state index in [0.29, 0.717) is 42.6 Å². The highest BCUT2D eigenvalue weighted by atomic mass is 32.2. The summed E-state index contributed by atoms with van der Waals surface area (Å²) < 4.78 is 55.3. The summed E-state index contributed by atoms with van der Waals surface area (Å²) in [5.41, 5.74) is 2.31. The van der Waals surface area contributed by atoms with Crippen molar-refractivity contribution in [3.05, 3.63) is 124 Å². The lowest BCUT2D eigenvalue weighted by atomic mass is 9.92. The average molecular weight is 710 g/mol. The smallest absolute Gasteiger partial charge is 0.288 e. The SMILES string of the molecule is O=NS(=O)(=O)CCCCOCc1ccc(OCC(COc2ccc(CO)cc2)(COc2ccc(CO)cc2)COc2ccc(CO)cc2)cc1. The standard InChI is InChI=1S/C37H43NO11S/c39-21-29-3-11-33(12-4-29)46-25-37(26-47-34-13-5-30(22-40)6-14-34,27-48-35-15-7-31(23-41)8-16-35)28-49-36-17-9-32(10-18-36)24-45-19-1-2-20-50(43,44)38-42/h3-18,39-41H,1-2,19-28H2. The van der Waals surface area contributed by atoms with E-state index in [1.165, 1.54) is 0 Å². The van der Waals surface area contributed by atoms with Gasteiger partial charge in [0.15, 0.2) is 0 Å². The van der Waals surface area contributed by atoms with Crippen molar-refractivity contribution < 1.29 is 47.4 Å². The Balaban J connectivity index is 1.47. The number of unbranched alkanes of at least 4 members (excludes halogenated alkanes) is 1. The fourth-order valence-electron chi connectivity index (χ4n) is 4.67. The van der Waals surface area contributed by atoms with Gasteiger partial charge in [-0.3, -0.25) is 0 Å². The summed E-state index contributed by atoms with van der Waals surface area (Å²) >= 11 is 0. The van der Waals surface area contributed by atoms with Gasteiger partial charge in [-0.2, -0.15) is 0 Å². The normalized spacial score (nSPS) is 11.6. The molecule has 4 aromatic carbocycles. The van der Waals surface area contributed by atoms with Gasteiger partial charge in [0.1, 0.15) is 54.8 Å². The van der Waals surface area contributed by atoms with Crippen LogP contribution in [-0.4, -0.2) is 62.5 Å². The summed E-state index contributed by atoms with van der Waals surface area (Å²) in [6, 6.07) is 28.8. The molecule has 13 heteroatoms. The number of benzene rings is 4. The van der Waals surface area contributed by atoms with Crippen LogP contribution in [0.1, 0.15) is 35.1 Å². The van der Waals surface area contributed by atoms with Gasteiger partial charge in [-0.25, -0.2) is 8.42 Å². The zero-order valence-electron chi connectivity index (χ0n) is 27.7. The van der Waals surface area contributed by atoms with Crippen LogP contribution in [0.15, 0.2) is 102 Å². The minimum absolute atomic E-state index is 0.0817. The zero-order chi connectivity index (χ0) is 35.7. The van der Waals surface area contributed by atoms with Gasteiger partial charge in [-0.05, 0) is 83.6 Å². The van der Waals surface area contributed by atoms with Crippen molar-refractivity contribution in [1.29, 1.82) is 0 Å². The highest BCUT2D eigenvalue weighted by Gasteiger charge is 2.36. The summed E-state index contributed by atoms with van der Waals surface area (Å²) in [7, 11) is -3.89. The fraction of sp³-hybridized carbons (Fsp3) is 0.351. The highest BCUT2D eigenvalue weighted by Crippen LogP contribution is 2.27. The number of aliphatic hydroxyl groups is 3. The van der Waals surface area contributed by atoms with Crippen LogP contribution in [0.4, 0.5) is 0 Å². The molecule has 4 rings (SSSR count). The molecule has 0 saturated heterocycles. The van der Waals surface area contributed by atoms with Crippen LogP contribution in [0.25, 0.3) is 0 Å². The lowest BCUT2D eigenvalue weighted by Gasteiger charge is -2.33. The molecule has 0 aromatic heterocycles. The summed E-state index contributed by atoms with van der Waals surface area (Å²) in [6.45, 7) is 0.979. The number of nitroso groups, excluding NO2 is 1. The van der Waals surface area contributed by atoms with E-state index in [1.54, 1.807) is 72.8 Å². The van der Waals surface area contributed by atoms with Crippen LogP contribution < -0.4 is 18.9 Å². The molecule has 0 heterocycles. The third-order valence-electron chi connectivity index (χ3n) is 7.74. The van der Waals surface area contributed by atoms with E-state index in [4.69, 9.17) is 23.7 Å². The quantitative estimate of drug-likeness (QED) is 0.0687. The average Bonchev–Trinajstić information content (AvgIpc) is 3.16. The van der Waals surface area contributed by atoms with Crippen molar-refractivity contribution in [2.75, 3.05) is 38.8 Å². The molecule has 0 radical (unpaired) electrons. The van der Waals surface area contributed by atoms with Gasteiger partial charge < -0.3 is 39.0 Å². The molecule has 0 amide bonds. The maximum Gasteiger partial charge on any atom is 0.288 e. The molecular formula is C37H43NO11S. The Labute approximate surface area is 292 Å². The number of sulfonamides is 1. The number of aliphatic hydroxyl groups excluding tert-OH is 3. The van der Waals surface area contributed by atoms with Crippen molar-refractivity contribution in [2.24, 2.45) is 10.00 Å². The van der Waals surface area contributed by atoms with E-state index in [-0.39, 0.29) is 58.4 Å². The van der Waals surface area contributed by atoms with Crippen LogP contribution in [0.5, 0.6) is 23.0 Å². The molecule has 0 bridgehead atoms. The largest absolute Gasteiger partial charge is 0.493 e. The second-order valence-electron chi connectivity index (χ2n) is 11.8. The topological polar surface area (TPSA) is 170 Å². The van der Waals surface area contributed by atoms with E-state index in [9.17, 15) is 28.6 Å². The van der Waals surface area contributed by atoms with Crippen molar-refractivity contribution in [1.82, 2.24) is 0 Å². The van der Waals surface area contributed by atoms with Gasteiger partial charge in [0.2, 0.25) is 0 Å². The summed E-state index contributed by atoms with van der Waals surface area (Å²) in [6.07, 6.45) is 0.766. The monoisotopic (exact) mass is 709 g/mol. The molecule has 0 saturated carbocycles. The first-order valence-electron chi connectivity index (χ1n) is 16.1. The van der Waals surface area contributed by atoms with Gasteiger partial charge in [0, 0.05) is 6.61 Å². The first kappa shape index (κ1) is 38.3. The van der Waals surface area contributed by atoms with Crippen molar-refractivity contribution in [3.8, 4) is 23.0 Å². The zero-order valence-corrected chi connectivity index (χ0v) is 28.5. The maximum absolute atomic E-state index is 11.2. The van der Waals surface area contributed by atoms with Gasteiger partial charge in [0.25, 0.3) is 10.0 Å². The molecule has 268 valence electrons. The fourth-order valence-corrected chi connectivity index (χ4v) is 5.31. The number of nitrogens with zero attached hydrogens (tertiary/aromatic N) is 1. The predicted octanol–water partition coefficient (Wildman–Crippen LogP) is 5.16. The minimum Gasteiger partial charge on any atom is -0.493 e. The third kappa shape index (κ3) is 12.7. The Morgan fingerprint density at radius 1 is 0.520 bits per heavy atom. The molecule has 0 aliphatic carbocycles. The van der Waals surface area contributed by atoms with Crippen molar-refractivity contribution >= 4 is 10.0 Å². The van der Waals surface area contributed by atoms with Gasteiger partial charge in [0.05, 0.1) is 36.8 Å². The van der Waals surface area contributed by atoms with E-state index >= 15 is 0 Å². The van der Waals surface area contributed by atoms with Crippen LogP contribution in [0.2, 0.25) is 0 Å². The molecule has 0 aliphatic rings. The second-order valence-corrected chi connectivity index (χ2v) is 13.5. The lowest BCUT2D eigenvalue weighted by molar-refractivity contribution is -0.00355. The minimum atomic E-state index is -3.89. The lowest BCUT2D eigenvalue weighted by Crippen LogP contribution is -2.45. The van der Waals surface area contributed by atoms with Gasteiger partial charge >= 0.3 is 0 Å². The van der Waals surface area contributed by atoms with E-state index in [0.717, 1.165) is 22.3 Å². The first-order chi connectivity index (χ1) is 24.2. The molecule has 4 aromatic rings. The van der Waals surface area contributed by atoms with Crippen molar-refractivity contribution in [3.63, 3.8) is 0 Å². The van der Waals surface area contributed by atoms with E-state index in [1.807, 2.05) is 24.3 Å². The van der Waals surface area contributed by atoms with Gasteiger partial charge in [-0.15, -0.1) is 4.91 Å². The molecule has 12 nitrogen and oxygen atoms in total. The maximum atomic E-state index is 11.2. The number of hydrogen-bond donors (Lipinski definition) is 3. The molecule has 3 N–H and O–H groups in total. The van der Waals surface area contributed by atoms with E-state index in [2.05, 4.69) is 4.58 Å². The van der Waals surface area contributed by atoms with Gasteiger partial charge in [-0.1, -0.05) is 48.5 Å². The Hall–Kier alpha value is -4.53. The number of hydrogen-bond acceptors (Lipinski definition) is 11. The summed E-state index contributed by atoms with van der Waals surface area (Å²) in [5, 5.41) is 28.4. The molecule has 0 spiro atoms. The van der Waals surface area contributed by atoms with E-state index < -0.39 is 15.4 Å². The Bertz CT molecular complexity index is 1550. The first-order valence-corrected chi connectivity index (χ1v) is 17.7. The molecule has 50 heavy (non-hydrogen) atoms. The van der Waals surface area contributed by atoms with Crippen LogP contribution in [0.3, 0.4) is 0 Å².